The van der Waals surface area contributed by atoms with Crippen molar-refractivity contribution in [1.82, 2.24) is 10.3 Å². The highest BCUT2D eigenvalue weighted by Crippen LogP contribution is 2.18. The Morgan fingerprint density at radius 1 is 1.53 bits per heavy atom. The zero-order valence-corrected chi connectivity index (χ0v) is 11.3. The molecule has 0 bridgehead atoms. The second kappa shape index (κ2) is 6.67. The molecule has 0 atom stereocenters. The van der Waals surface area contributed by atoms with E-state index in [0.717, 1.165) is 0 Å². The van der Waals surface area contributed by atoms with Crippen molar-refractivity contribution in [3.8, 4) is 0 Å². The number of anilines is 1. The van der Waals surface area contributed by atoms with Gasteiger partial charge in [0.15, 0.2) is 0 Å². The smallest absolute Gasteiger partial charge is 0.290 e. The fourth-order valence-corrected chi connectivity index (χ4v) is 1.39. The number of nitrogens with zero attached hydrogens (tertiary/aromatic N) is 2. The van der Waals surface area contributed by atoms with Crippen LogP contribution in [0.2, 0.25) is 0 Å². The highest BCUT2D eigenvalue weighted by molar-refractivity contribution is 5.80. The zero-order chi connectivity index (χ0) is 14.4. The van der Waals surface area contributed by atoms with Gasteiger partial charge < -0.3 is 10.6 Å². The molecule has 0 unspecified atom stereocenters. The fraction of sp³-hybridized carbons (Fsp3) is 0.500. The molecule has 1 amide bonds. The van der Waals surface area contributed by atoms with Crippen molar-refractivity contribution >= 4 is 17.4 Å². The number of pyridine rings is 1. The molecule has 0 aliphatic carbocycles. The molecule has 0 aromatic carbocycles. The number of carbonyl (C=O) groups excluding carboxylic acids is 1. The van der Waals surface area contributed by atoms with Crippen molar-refractivity contribution in [3.05, 3.63) is 27.9 Å². The molecule has 1 aromatic heterocycles. The molecule has 1 heterocycles. The van der Waals surface area contributed by atoms with Crippen molar-refractivity contribution in [3.63, 3.8) is 0 Å². The summed E-state index contributed by atoms with van der Waals surface area (Å²) < 4.78 is 0. The number of aromatic nitrogens is 1. The van der Waals surface area contributed by atoms with Crippen LogP contribution in [-0.2, 0) is 4.79 Å². The SMILES string of the molecule is Cc1cc(NCC(=O)NCC(C)C)ncc1[N+](=O)[O-]. The van der Waals surface area contributed by atoms with Gasteiger partial charge in [-0.1, -0.05) is 13.8 Å². The lowest BCUT2D eigenvalue weighted by Gasteiger charge is -2.09. The summed E-state index contributed by atoms with van der Waals surface area (Å²) in [6.45, 7) is 6.36. The molecule has 0 fully saturated rings. The Kier molecular flexibility index (Phi) is 5.23. The molecule has 0 radical (unpaired) electrons. The molecule has 0 saturated carbocycles. The van der Waals surface area contributed by atoms with E-state index in [9.17, 15) is 14.9 Å². The first kappa shape index (κ1) is 14.9. The van der Waals surface area contributed by atoms with Gasteiger partial charge in [-0.15, -0.1) is 0 Å². The van der Waals surface area contributed by atoms with E-state index in [1.165, 1.54) is 6.20 Å². The van der Waals surface area contributed by atoms with Crippen LogP contribution >= 0.6 is 0 Å². The Balaban J connectivity index is 2.52. The fourth-order valence-electron chi connectivity index (χ4n) is 1.39. The van der Waals surface area contributed by atoms with Crippen molar-refractivity contribution in [2.45, 2.75) is 20.8 Å². The summed E-state index contributed by atoms with van der Waals surface area (Å²) in [6, 6.07) is 1.55. The minimum Gasteiger partial charge on any atom is -0.361 e. The molecule has 1 rings (SSSR count). The van der Waals surface area contributed by atoms with Crippen LogP contribution in [-0.4, -0.2) is 28.9 Å². The lowest BCUT2D eigenvalue weighted by atomic mass is 10.2. The maximum absolute atomic E-state index is 11.5. The van der Waals surface area contributed by atoms with Crippen molar-refractivity contribution in [2.75, 3.05) is 18.4 Å². The van der Waals surface area contributed by atoms with Crippen molar-refractivity contribution < 1.29 is 9.72 Å². The summed E-state index contributed by atoms with van der Waals surface area (Å²) in [4.78, 5) is 25.5. The molecule has 19 heavy (non-hydrogen) atoms. The van der Waals surface area contributed by atoms with E-state index in [0.29, 0.717) is 23.8 Å². The number of hydrogen-bond acceptors (Lipinski definition) is 5. The third-order valence-corrected chi connectivity index (χ3v) is 2.42. The highest BCUT2D eigenvalue weighted by atomic mass is 16.6. The van der Waals surface area contributed by atoms with Crippen LogP contribution in [0.4, 0.5) is 11.5 Å². The third kappa shape index (κ3) is 4.90. The molecule has 0 aliphatic heterocycles. The minimum atomic E-state index is -0.485. The Hall–Kier alpha value is -2.18. The monoisotopic (exact) mass is 266 g/mol. The van der Waals surface area contributed by atoms with E-state index in [1.54, 1.807) is 13.0 Å². The Bertz CT molecular complexity index is 474. The van der Waals surface area contributed by atoms with Crippen LogP contribution in [0, 0.1) is 23.0 Å². The molecule has 2 N–H and O–H groups in total. The van der Waals surface area contributed by atoms with E-state index in [2.05, 4.69) is 15.6 Å². The first-order chi connectivity index (χ1) is 8.90. The van der Waals surface area contributed by atoms with Crippen LogP contribution in [0.3, 0.4) is 0 Å². The molecule has 7 heteroatoms. The second-order valence-corrected chi connectivity index (χ2v) is 4.66. The molecule has 1 aromatic rings. The lowest BCUT2D eigenvalue weighted by molar-refractivity contribution is -0.385. The predicted molar refractivity (Wildman–Crippen MR) is 72.0 cm³/mol. The van der Waals surface area contributed by atoms with Gasteiger partial charge in [-0.3, -0.25) is 14.9 Å². The van der Waals surface area contributed by atoms with Crippen LogP contribution < -0.4 is 10.6 Å². The lowest BCUT2D eigenvalue weighted by Crippen LogP contribution is -2.32. The van der Waals surface area contributed by atoms with Crippen LogP contribution in [0.1, 0.15) is 19.4 Å². The number of nitrogens with one attached hydrogen (secondary N) is 2. The molecule has 0 spiro atoms. The van der Waals surface area contributed by atoms with Crippen LogP contribution in [0.15, 0.2) is 12.3 Å². The van der Waals surface area contributed by atoms with Crippen LogP contribution in [0.5, 0.6) is 0 Å². The average molecular weight is 266 g/mol. The summed E-state index contributed by atoms with van der Waals surface area (Å²) in [5.74, 6) is 0.706. The minimum absolute atomic E-state index is 0.0326. The summed E-state index contributed by atoms with van der Waals surface area (Å²) >= 11 is 0. The average Bonchev–Trinajstić information content (AvgIpc) is 2.33. The quantitative estimate of drug-likeness (QED) is 0.600. The number of amides is 1. The van der Waals surface area contributed by atoms with Crippen LogP contribution in [0.25, 0.3) is 0 Å². The van der Waals surface area contributed by atoms with Gasteiger partial charge >= 0.3 is 0 Å². The molecule has 104 valence electrons. The van der Waals surface area contributed by atoms with Gasteiger partial charge in [0.25, 0.3) is 5.69 Å². The molecular weight excluding hydrogens is 248 g/mol. The molecule has 0 aliphatic rings. The predicted octanol–water partition coefficient (Wildman–Crippen LogP) is 1.48. The van der Waals surface area contributed by atoms with E-state index in [-0.39, 0.29) is 18.1 Å². The summed E-state index contributed by atoms with van der Waals surface area (Å²) in [7, 11) is 0. The van der Waals surface area contributed by atoms with Gasteiger partial charge in [0, 0.05) is 12.1 Å². The van der Waals surface area contributed by atoms with Gasteiger partial charge in [-0.2, -0.15) is 0 Å². The van der Waals surface area contributed by atoms with E-state index in [4.69, 9.17) is 0 Å². The number of rotatable bonds is 6. The Morgan fingerprint density at radius 2 is 2.21 bits per heavy atom. The first-order valence-electron chi connectivity index (χ1n) is 6.01. The first-order valence-corrected chi connectivity index (χ1v) is 6.01. The second-order valence-electron chi connectivity index (χ2n) is 4.66. The van der Waals surface area contributed by atoms with Gasteiger partial charge in [0.1, 0.15) is 12.0 Å². The number of nitro groups is 1. The summed E-state index contributed by atoms with van der Waals surface area (Å²) in [5.41, 5.74) is 0.472. The van der Waals surface area contributed by atoms with E-state index in [1.807, 2.05) is 13.8 Å². The van der Waals surface area contributed by atoms with Gasteiger partial charge in [0.05, 0.1) is 11.5 Å². The van der Waals surface area contributed by atoms with Gasteiger partial charge in [-0.05, 0) is 18.9 Å². The summed E-state index contributed by atoms with van der Waals surface area (Å²) in [5, 5.41) is 16.2. The molecule has 0 saturated heterocycles. The number of hydrogen-bond donors (Lipinski definition) is 2. The third-order valence-electron chi connectivity index (χ3n) is 2.42. The maximum atomic E-state index is 11.5. The maximum Gasteiger partial charge on any atom is 0.290 e. The van der Waals surface area contributed by atoms with Crippen molar-refractivity contribution in [2.24, 2.45) is 5.92 Å². The Morgan fingerprint density at radius 3 is 2.74 bits per heavy atom. The van der Waals surface area contributed by atoms with Crippen molar-refractivity contribution in [1.29, 1.82) is 0 Å². The number of aryl methyl sites for hydroxylation is 1. The molecule has 7 nitrogen and oxygen atoms in total. The zero-order valence-electron chi connectivity index (χ0n) is 11.3. The number of carbonyl (C=O) groups is 1. The largest absolute Gasteiger partial charge is 0.361 e. The van der Waals surface area contributed by atoms with Gasteiger partial charge in [-0.25, -0.2) is 4.98 Å². The van der Waals surface area contributed by atoms with Gasteiger partial charge in [0.2, 0.25) is 5.91 Å². The van der Waals surface area contributed by atoms with E-state index >= 15 is 0 Å². The summed E-state index contributed by atoms with van der Waals surface area (Å²) in [6.07, 6.45) is 1.18. The van der Waals surface area contributed by atoms with E-state index < -0.39 is 4.92 Å². The molecular formula is C12H18N4O3. The standard InChI is InChI=1S/C12H18N4O3/c1-8(2)5-15-12(17)7-14-11-4-9(3)10(6-13-11)16(18)19/h4,6,8H,5,7H2,1-3H3,(H,13,14)(H,15,17). The normalized spacial score (nSPS) is 10.3. The Labute approximate surface area is 111 Å². The topological polar surface area (TPSA) is 97.2 Å². The highest BCUT2D eigenvalue weighted by Gasteiger charge is 2.11.